The Morgan fingerprint density at radius 2 is 2.38 bits per heavy atom. The molecule has 0 aliphatic carbocycles. The van der Waals surface area contributed by atoms with Crippen molar-refractivity contribution in [3.8, 4) is 0 Å². The number of nitrogens with zero attached hydrogens (tertiary/aromatic N) is 1. The van der Waals surface area contributed by atoms with Crippen molar-refractivity contribution in [1.82, 2.24) is 5.48 Å². The number of rotatable bonds is 2. The second kappa shape index (κ2) is 6.67. The van der Waals surface area contributed by atoms with E-state index in [1.54, 1.807) is 0 Å². The van der Waals surface area contributed by atoms with Gasteiger partial charge in [0.05, 0.1) is 0 Å². The Hall–Kier alpha value is -0.330. The fourth-order valence-electron chi connectivity index (χ4n) is 0.0636. The van der Waals surface area contributed by atoms with Gasteiger partial charge in [-0.2, -0.15) is 0 Å². The summed E-state index contributed by atoms with van der Waals surface area (Å²) in [6.45, 7) is 0. The van der Waals surface area contributed by atoms with Crippen LogP contribution in [0.25, 0.3) is 0 Å². The second-order valence-electron chi connectivity index (χ2n) is 0.632. The Morgan fingerprint density at radius 1 is 1.88 bits per heavy atom. The summed E-state index contributed by atoms with van der Waals surface area (Å²) >= 11 is 0. The summed E-state index contributed by atoms with van der Waals surface area (Å²) in [5.74, 6) is 0. The summed E-state index contributed by atoms with van der Waals surface area (Å²) in [5, 5.41) is 1.81. The summed E-state index contributed by atoms with van der Waals surface area (Å²) in [7, 11) is 0. The molecule has 0 heterocycles. The minimum absolute atomic E-state index is 0. The largest absolute Gasteiger partial charge is 1.00 e. The Labute approximate surface area is 68.4 Å². The van der Waals surface area contributed by atoms with E-state index in [4.69, 9.17) is 4.91 Å². The van der Waals surface area contributed by atoms with E-state index in [1.807, 2.05) is 5.34 Å². The molecule has 2 amide bonds. The Kier molecular flexibility index (Phi) is 8.85. The molecule has 42 valence electrons. The average Bonchev–Trinajstić information content (AvgIpc) is 1.61. The van der Waals surface area contributed by atoms with Crippen LogP contribution in [0.2, 0.25) is 0 Å². The molecule has 8 heavy (non-hydrogen) atoms. The molecule has 3 N–H and O–H groups in total. The number of primary amides is 1. The molecule has 0 unspecified atom stereocenters. The first-order chi connectivity index (χ1) is 3.27. The number of nitrogens with two attached hydrogens (primary N) is 1. The van der Waals surface area contributed by atoms with Gasteiger partial charge >= 0.3 is 35.6 Å². The fraction of sp³-hybridized carbons (Fsp3) is 0. The first-order valence-electron chi connectivity index (χ1n) is 1.31. The quantitative estimate of drug-likeness (QED) is 0.229. The minimum atomic E-state index is -0.959. The molecule has 0 saturated carbocycles. The van der Waals surface area contributed by atoms with Crippen molar-refractivity contribution < 1.29 is 40.7 Å². The summed E-state index contributed by atoms with van der Waals surface area (Å²) in [6, 6.07) is -0.959. The molecule has 0 aliphatic heterocycles. The van der Waals surface area contributed by atoms with E-state index >= 15 is 0 Å². The second-order valence-corrected chi connectivity index (χ2v) is 0.632. The predicted molar refractivity (Wildman–Crippen MR) is 20.7 cm³/mol. The number of carbonyl (C=O) groups excluding carboxylic acids is 1. The standard InChI is InChI=1S/CH3N3O3.Na.H/c2-1(5)3-7-4-6;;/h(H3,2,3,5);;/q;+1;-1. The molecule has 0 fully saturated rings. The van der Waals surface area contributed by atoms with Crippen LogP contribution in [0.4, 0.5) is 4.79 Å². The van der Waals surface area contributed by atoms with Crippen LogP contribution in [0.3, 0.4) is 0 Å². The molecule has 0 rings (SSSR count). The average molecular weight is 129 g/mol. The van der Waals surface area contributed by atoms with Crippen LogP contribution in [0.15, 0.2) is 5.34 Å². The molecule has 0 aromatic rings. The number of amides is 2. The van der Waals surface area contributed by atoms with Crippen LogP contribution >= 0.6 is 0 Å². The van der Waals surface area contributed by atoms with Gasteiger partial charge in [-0.15, -0.1) is 10.4 Å². The Morgan fingerprint density at radius 3 is 2.50 bits per heavy atom. The number of hydrogen-bond acceptors (Lipinski definition) is 4. The van der Waals surface area contributed by atoms with Gasteiger partial charge in [0.2, 0.25) is 0 Å². The third kappa shape index (κ3) is 9.18. The Balaban J connectivity index is -0.000000180. The zero-order chi connectivity index (χ0) is 5.70. The molecular formula is CH4N3NaO3. The molecule has 0 bridgehead atoms. The van der Waals surface area contributed by atoms with Crippen LogP contribution in [0.1, 0.15) is 1.43 Å². The van der Waals surface area contributed by atoms with Gasteiger partial charge in [0.25, 0.3) is 0 Å². The van der Waals surface area contributed by atoms with Gasteiger partial charge in [0, 0.05) is 0 Å². The first-order valence-corrected chi connectivity index (χ1v) is 1.31. The first kappa shape index (κ1) is 10.6. The molecule has 0 atom stereocenters. The molecule has 0 saturated heterocycles. The zero-order valence-corrected chi connectivity index (χ0v) is 6.25. The predicted octanol–water partition coefficient (Wildman–Crippen LogP) is -3.62. The molecule has 6 nitrogen and oxygen atoms in total. The van der Waals surface area contributed by atoms with Crippen LogP contribution in [-0.4, -0.2) is 6.03 Å². The molecule has 7 heteroatoms. The van der Waals surface area contributed by atoms with Gasteiger partial charge in [-0.05, 0) is 0 Å². The van der Waals surface area contributed by atoms with Crippen LogP contribution in [-0.2, 0) is 4.94 Å². The van der Waals surface area contributed by atoms with E-state index in [-0.39, 0.29) is 31.0 Å². The summed E-state index contributed by atoms with van der Waals surface area (Å²) in [5.41, 5.74) is 5.86. The molecule has 0 aromatic carbocycles. The van der Waals surface area contributed by atoms with E-state index < -0.39 is 6.03 Å². The van der Waals surface area contributed by atoms with Crippen molar-refractivity contribution >= 4 is 6.03 Å². The van der Waals surface area contributed by atoms with Gasteiger partial charge in [-0.25, -0.2) is 9.73 Å². The molecule has 0 aliphatic rings. The van der Waals surface area contributed by atoms with Crippen molar-refractivity contribution in [3.05, 3.63) is 4.91 Å². The van der Waals surface area contributed by atoms with Gasteiger partial charge in [-0.3, -0.25) is 0 Å². The van der Waals surface area contributed by atoms with Crippen LogP contribution < -0.4 is 40.8 Å². The van der Waals surface area contributed by atoms with E-state index in [0.717, 1.165) is 0 Å². The van der Waals surface area contributed by atoms with Gasteiger partial charge in [-0.1, -0.05) is 0 Å². The molecule has 0 radical (unpaired) electrons. The maximum absolute atomic E-state index is 9.55. The topological polar surface area (TPSA) is 93.8 Å². The van der Waals surface area contributed by atoms with Gasteiger partial charge < -0.3 is 7.16 Å². The maximum Gasteiger partial charge on any atom is 1.00 e. The summed E-state index contributed by atoms with van der Waals surface area (Å²) in [4.78, 5) is 22.0. The summed E-state index contributed by atoms with van der Waals surface area (Å²) in [6.07, 6.45) is 0. The van der Waals surface area contributed by atoms with E-state index in [2.05, 4.69) is 10.7 Å². The third-order valence-electron chi connectivity index (χ3n) is 0.184. The van der Waals surface area contributed by atoms with Crippen LogP contribution in [0, 0.1) is 4.91 Å². The van der Waals surface area contributed by atoms with Crippen molar-refractivity contribution in [1.29, 1.82) is 0 Å². The zero-order valence-electron chi connectivity index (χ0n) is 5.25. The van der Waals surface area contributed by atoms with E-state index in [0.29, 0.717) is 0 Å². The van der Waals surface area contributed by atoms with Crippen molar-refractivity contribution in [2.75, 3.05) is 0 Å². The monoisotopic (exact) mass is 129 g/mol. The van der Waals surface area contributed by atoms with Crippen molar-refractivity contribution in [2.24, 2.45) is 11.1 Å². The van der Waals surface area contributed by atoms with Crippen LogP contribution in [0.5, 0.6) is 0 Å². The molecule has 0 spiro atoms. The normalized spacial score (nSPS) is 6.00. The number of hydrogen-bond donors (Lipinski definition) is 2. The van der Waals surface area contributed by atoms with Gasteiger partial charge in [0.15, 0.2) is 5.34 Å². The summed E-state index contributed by atoms with van der Waals surface area (Å²) < 4.78 is 0. The maximum atomic E-state index is 9.55. The Bertz CT molecular complexity index is 89.1. The van der Waals surface area contributed by atoms with Gasteiger partial charge in [0.1, 0.15) is 0 Å². The number of urea groups is 1. The molecule has 0 aromatic heterocycles. The van der Waals surface area contributed by atoms with Crippen molar-refractivity contribution in [3.63, 3.8) is 0 Å². The number of carbonyl (C=O) groups is 1. The SMILES string of the molecule is NC(=O)NON=O.[H-].[Na+]. The minimum Gasteiger partial charge on any atom is -1.00 e. The number of nitrogens with one attached hydrogen (secondary N) is 1. The fourth-order valence-corrected chi connectivity index (χ4v) is 0.0636. The van der Waals surface area contributed by atoms with Crippen molar-refractivity contribution in [2.45, 2.75) is 0 Å². The molecular weight excluding hydrogens is 125 g/mol. The van der Waals surface area contributed by atoms with E-state index in [1.165, 1.54) is 5.48 Å². The van der Waals surface area contributed by atoms with E-state index in [9.17, 15) is 4.79 Å². The smallest absolute Gasteiger partial charge is 1.00 e. The number of hydroxylamine groups is 1. The third-order valence-corrected chi connectivity index (χ3v) is 0.184.